The van der Waals surface area contributed by atoms with E-state index in [9.17, 15) is 14.3 Å². The first kappa shape index (κ1) is 18.6. The molecule has 1 unspecified atom stereocenters. The smallest absolute Gasteiger partial charge is 0.337 e. The molecule has 0 aromatic heterocycles. The van der Waals surface area contributed by atoms with Gasteiger partial charge in [-0.05, 0) is 17.7 Å². The highest BCUT2D eigenvalue weighted by Crippen LogP contribution is 2.48. The molecule has 0 heterocycles. The average Bonchev–Trinajstić information content (AvgIpc) is 2.52. The maximum atomic E-state index is 14.2. The summed E-state index contributed by atoms with van der Waals surface area (Å²) in [6.07, 6.45) is -1.84. The van der Waals surface area contributed by atoms with Crippen LogP contribution < -0.4 is 0 Å². The van der Waals surface area contributed by atoms with Gasteiger partial charge in [-0.15, -0.1) is 0 Å². The van der Waals surface area contributed by atoms with Crippen LogP contribution in [0.4, 0.5) is 4.39 Å². The van der Waals surface area contributed by atoms with Gasteiger partial charge in [-0.25, -0.2) is 9.18 Å². The molecular formula is C14H6Cl5FO3. The molecule has 2 N–H and O–H groups in total. The Balaban J connectivity index is 2.77. The minimum absolute atomic E-state index is 0.0512. The second kappa shape index (κ2) is 7.01. The third-order valence-electron chi connectivity index (χ3n) is 3.02. The molecule has 0 saturated heterocycles. The minimum Gasteiger partial charge on any atom is -0.479 e. The van der Waals surface area contributed by atoms with Crippen molar-refractivity contribution >= 4 is 64.0 Å². The number of carbonyl (C=O) groups is 1. The summed E-state index contributed by atoms with van der Waals surface area (Å²) < 4.78 is 14.2. The van der Waals surface area contributed by atoms with Gasteiger partial charge in [-0.1, -0.05) is 64.1 Å². The number of hydrogen-bond acceptors (Lipinski definition) is 2. The summed E-state index contributed by atoms with van der Waals surface area (Å²) in [7, 11) is 0. The Bertz CT molecular complexity index is 780. The number of hydrogen-bond donors (Lipinski definition) is 2. The molecular weight excluding hydrogens is 412 g/mol. The van der Waals surface area contributed by atoms with Crippen LogP contribution in [0.2, 0.25) is 25.1 Å². The van der Waals surface area contributed by atoms with E-state index in [1.807, 2.05) is 0 Å². The molecule has 0 aliphatic rings. The van der Waals surface area contributed by atoms with Crippen molar-refractivity contribution in [3.63, 3.8) is 0 Å². The van der Waals surface area contributed by atoms with E-state index in [1.165, 1.54) is 0 Å². The molecule has 2 aromatic rings. The Morgan fingerprint density at radius 1 is 0.957 bits per heavy atom. The van der Waals surface area contributed by atoms with Gasteiger partial charge in [0.15, 0.2) is 6.10 Å². The molecule has 0 fully saturated rings. The number of aliphatic carboxylic acids is 1. The van der Waals surface area contributed by atoms with Crippen molar-refractivity contribution in [2.24, 2.45) is 0 Å². The minimum atomic E-state index is -1.84. The van der Waals surface area contributed by atoms with Crippen LogP contribution >= 0.6 is 58.0 Å². The SMILES string of the molecule is O=C(O)C(O)c1ccc(F)c(-c2c(Cl)c(Cl)c(Cl)c(Cl)c2Cl)c1. The predicted octanol–water partition coefficient (Wildman–Crippen LogP) is 5.88. The Morgan fingerprint density at radius 3 is 1.91 bits per heavy atom. The van der Waals surface area contributed by atoms with E-state index < -0.39 is 17.9 Å². The van der Waals surface area contributed by atoms with Gasteiger partial charge in [-0.2, -0.15) is 0 Å². The van der Waals surface area contributed by atoms with E-state index in [0.29, 0.717) is 0 Å². The number of aliphatic hydroxyl groups is 1. The van der Waals surface area contributed by atoms with Crippen LogP contribution in [0.25, 0.3) is 11.1 Å². The number of aliphatic hydroxyl groups excluding tert-OH is 1. The van der Waals surface area contributed by atoms with Crippen LogP contribution in [0.1, 0.15) is 11.7 Å². The van der Waals surface area contributed by atoms with Gasteiger partial charge in [0, 0.05) is 11.1 Å². The molecule has 0 radical (unpaired) electrons. The highest BCUT2D eigenvalue weighted by Gasteiger charge is 2.24. The molecule has 0 bridgehead atoms. The van der Waals surface area contributed by atoms with Crippen molar-refractivity contribution in [1.29, 1.82) is 0 Å². The summed E-state index contributed by atoms with van der Waals surface area (Å²) in [4.78, 5) is 10.9. The topological polar surface area (TPSA) is 57.5 Å². The predicted molar refractivity (Wildman–Crippen MR) is 89.5 cm³/mol. The standard InChI is InChI=1S/C14H6Cl5FO3/c15-8-7(9(16)11(18)12(19)10(8)17)5-3-4(1-2-6(5)20)13(21)14(22)23/h1-3,13,21H,(H,22,23). The fraction of sp³-hybridized carbons (Fsp3) is 0.0714. The fourth-order valence-corrected chi connectivity index (χ4v) is 3.23. The molecule has 0 saturated carbocycles. The second-order valence-corrected chi connectivity index (χ2v) is 6.31. The normalized spacial score (nSPS) is 12.3. The van der Waals surface area contributed by atoms with Crippen LogP contribution in [0.3, 0.4) is 0 Å². The Kier molecular flexibility index (Phi) is 5.67. The summed E-state index contributed by atoms with van der Waals surface area (Å²) >= 11 is 29.9. The van der Waals surface area contributed by atoms with Crippen molar-refractivity contribution in [2.45, 2.75) is 6.10 Å². The molecule has 0 aliphatic heterocycles. The lowest BCUT2D eigenvalue weighted by atomic mass is 9.99. The Labute approximate surface area is 155 Å². The van der Waals surface area contributed by atoms with Gasteiger partial charge in [0.25, 0.3) is 0 Å². The number of benzene rings is 2. The lowest BCUT2D eigenvalue weighted by Gasteiger charge is -2.15. The number of carboxylic acids is 1. The zero-order valence-electron chi connectivity index (χ0n) is 10.9. The van der Waals surface area contributed by atoms with Crippen LogP contribution in [-0.4, -0.2) is 16.2 Å². The molecule has 9 heteroatoms. The van der Waals surface area contributed by atoms with Gasteiger partial charge in [0.1, 0.15) is 5.82 Å². The first-order valence-electron chi connectivity index (χ1n) is 5.89. The van der Waals surface area contributed by atoms with Crippen molar-refractivity contribution in [3.05, 3.63) is 54.7 Å². The number of rotatable bonds is 3. The molecule has 23 heavy (non-hydrogen) atoms. The van der Waals surface area contributed by atoms with Crippen molar-refractivity contribution in [2.75, 3.05) is 0 Å². The molecule has 0 aliphatic carbocycles. The maximum absolute atomic E-state index is 14.2. The zero-order chi connectivity index (χ0) is 17.5. The van der Waals surface area contributed by atoms with E-state index in [4.69, 9.17) is 63.1 Å². The lowest BCUT2D eigenvalue weighted by Crippen LogP contribution is -2.10. The van der Waals surface area contributed by atoms with Gasteiger partial charge in [-0.3, -0.25) is 0 Å². The first-order chi connectivity index (χ1) is 10.7. The molecule has 0 spiro atoms. The monoisotopic (exact) mass is 416 g/mol. The van der Waals surface area contributed by atoms with E-state index in [2.05, 4.69) is 0 Å². The lowest BCUT2D eigenvalue weighted by molar-refractivity contribution is -0.146. The van der Waals surface area contributed by atoms with Gasteiger partial charge < -0.3 is 10.2 Å². The second-order valence-electron chi connectivity index (χ2n) is 4.42. The molecule has 3 nitrogen and oxygen atoms in total. The van der Waals surface area contributed by atoms with Gasteiger partial charge >= 0.3 is 5.97 Å². The number of halogens is 6. The molecule has 0 amide bonds. The molecule has 2 rings (SSSR count). The third kappa shape index (κ3) is 3.38. The van der Waals surface area contributed by atoms with Crippen molar-refractivity contribution in [3.8, 4) is 11.1 Å². The number of carboxylic acid groups (broad SMARTS) is 1. The van der Waals surface area contributed by atoms with Gasteiger partial charge in [0.05, 0.1) is 25.1 Å². The summed E-state index contributed by atoms with van der Waals surface area (Å²) in [6.45, 7) is 0. The summed E-state index contributed by atoms with van der Waals surface area (Å²) in [5, 5.41) is 17.8. The summed E-state index contributed by atoms with van der Waals surface area (Å²) in [5.74, 6) is -2.25. The zero-order valence-corrected chi connectivity index (χ0v) is 14.7. The fourth-order valence-electron chi connectivity index (χ4n) is 1.89. The molecule has 122 valence electrons. The molecule has 2 aromatic carbocycles. The average molecular weight is 418 g/mol. The van der Waals surface area contributed by atoms with Crippen LogP contribution in [0.5, 0.6) is 0 Å². The third-order valence-corrected chi connectivity index (χ3v) is 5.30. The first-order valence-corrected chi connectivity index (χ1v) is 7.78. The highest BCUT2D eigenvalue weighted by molar-refractivity contribution is 6.56. The maximum Gasteiger partial charge on any atom is 0.337 e. The Morgan fingerprint density at radius 2 is 1.43 bits per heavy atom. The van der Waals surface area contributed by atoms with Crippen LogP contribution in [0.15, 0.2) is 18.2 Å². The van der Waals surface area contributed by atoms with E-state index >= 15 is 0 Å². The van der Waals surface area contributed by atoms with E-state index in [-0.39, 0.29) is 41.8 Å². The largest absolute Gasteiger partial charge is 0.479 e. The quantitative estimate of drug-likeness (QED) is 0.484. The van der Waals surface area contributed by atoms with E-state index in [1.54, 1.807) is 0 Å². The van der Waals surface area contributed by atoms with Gasteiger partial charge in [0.2, 0.25) is 0 Å². The molecule has 1 atom stereocenters. The summed E-state index contributed by atoms with van der Waals surface area (Å²) in [6, 6.07) is 3.19. The van der Waals surface area contributed by atoms with Crippen LogP contribution in [0, 0.1) is 5.82 Å². The van der Waals surface area contributed by atoms with E-state index in [0.717, 1.165) is 18.2 Å². The Hall–Kier alpha value is -0.750. The van der Waals surface area contributed by atoms with Crippen molar-refractivity contribution in [1.82, 2.24) is 0 Å². The van der Waals surface area contributed by atoms with Crippen LogP contribution in [-0.2, 0) is 4.79 Å². The van der Waals surface area contributed by atoms with Crippen molar-refractivity contribution < 1.29 is 19.4 Å². The highest BCUT2D eigenvalue weighted by atomic mass is 35.5. The summed E-state index contributed by atoms with van der Waals surface area (Å²) in [5.41, 5.74) is -0.286.